The zero-order chi connectivity index (χ0) is 19.2. The van der Waals surface area contributed by atoms with Crippen molar-refractivity contribution in [3.05, 3.63) is 0 Å². The molecule has 3 aliphatic carbocycles. The summed E-state index contributed by atoms with van der Waals surface area (Å²) in [5, 5.41) is 9.08. The highest BCUT2D eigenvalue weighted by molar-refractivity contribution is 5.73. The van der Waals surface area contributed by atoms with E-state index in [0.717, 1.165) is 30.6 Å². The number of hydrogen-bond acceptors (Lipinski definition) is 3. The Kier molecular flexibility index (Phi) is 7.60. The number of rotatable bonds is 6. The fourth-order valence-electron chi connectivity index (χ4n) is 5.87. The van der Waals surface area contributed by atoms with Crippen LogP contribution in [0, 0.1) is 29.6 Å². The van der Waals surface area contributed by atoms with Crippen LogP contribution < -0.4 is 0 Å². The predicted octanol–water partition coefficient (Wildman–Crippen LogP) is 5.59. The van der Waals surface area contributed by atoms with Gasteiger partial charge in [0.1, 0.15) is 6.10 Å². The van der Waals surface area contributed by atoms with Crippen LogP contribution in [0.5, 0.6) is 0 Å². The Morgan fingerprint density at radius 1 is 0.778 bits per heavy atom. The number of carboxylic acids is 1. The van der Waals surface area contributed by atoms with Crippen LogP contribution in [0.15, 0.2) is 0 Å². The fraction of sp³-hybridized carbons (Fsp3) is 0.913. The Bertz CT molecular complexity index is 479. The lowest BCUT2D eigenvalue weighted by Gasteiger charge is -2.37. The van der Waals surface area contributed by atoms with Crippen molar-refractivity contribution < 1.29 is 19.4 Å². The van der Waals surface area contributed by atoms with Crippen LogP contribution in [0.4, 0.5) is 0 Å². The van der Waals surface area contributed by atoms with Crippen molar-refractivity contribution in [3.63, 3.8) is 0 Å². The van der Waals surface area contributed by atoms with Gasteiger partial charge in [-0.25, -0.2) is 0 Å². The largest absolute Gasteiger partial charge is 0.481 e. The molecular formula is C23H38O4. The standard InChI is InChI=1S/C23H38O4/c1-2-3-16-4-6-17(7-5-16)18-8-10-20(11-9-18)23(26)27-21-14-12-19(13-15-21)22(24)25/h16-21H,2-15H2,1H3,(H,24,25). The Hall–Kier alpha value is -1.06. The van der Waals surface area contributed by atoms with E-state index < -0.39 is 5.97 Å². The Morgan fingerprint density at radius 3 is 1.81 bits per heavy atom. The van der Waals surface area contributed by atoms with Gasteiger partial charge in [-0.3, -0.25) is 9.59 Å². The molecule has 0 heterocycles. The third kappa shape index (κ3) is 5.71. The number of aliphatic carboxylic acids is 1. The molecule has 0 bridgehead atoms. The molecule has 0 atom stereocenters. The van der Waals surface area contributed by atoms with E-state index in [-0.39, 0.29) is 23.9 Å². The minimum atomic E-state index is -0.707. The van der Waals surface area contributed by atoms with Gasteiger partial charge in [0.05, 0.1) is 11.8 Å². The van der Waals surface area contributed by atoms with Gasteiger partial charge in [0.2, 0.25) is 0 Å². The molecule has 0 amide bonds. The van der Waals surface area contributed by atoms with Crippen molar-refractivity contribution in [1.82, 2.24) is 0 Å². The first kappa shape index (κ1) is 20.7. The molecule has 0 unspecified atom stereocenters. The van der Waals surface area contributed by atoms with Crippen LogP contribution in [0.3, 0.4) is 0 Å². The number of carbonyl (C=O) groups is 2. The lowest BCUT2D eigenvalue weighted by molar-refractivity contribution is -0.158. The molecule has 0 aromatic carbocycles. The first-order chi connectivity index (χ1) is 13.1. The average molecular weight is 379 g/mol. The lowest BCUT2D eigenvalue weighted by atomic mass is 9.69. The van der Waals surface area contributed by atoms with Crippen molar-refractivity contribution >= 4 is 11.9 Å². The summed E-state index contributed by atoms with van der Waals surface area (Å²) in [5.41, 5.74) is 0. The third-order valence-corrected chi connectivity index (χ3v) is 7.67. The van der Waals surface area contributed by atoms with Crippen LogP contribution in [-0.2, 0) is 14.3 Å². The van der Waals surface area contributed by atoms with Gasteiger partial charge >= 0.3 is 11.9 Å². The zero-order valence-electron chi connectivity index (χ0n) is 17.0. The van der Waals surface area contributed by atoms with Gasteiger partial charge in [-0.05, 0) is 82.0 Å². The number of ether oxygens (including phenoxy) is 1. The van der Waals surface area contributed by atoms with Crippen LogP contribution in [-0.4, -0.2) is 23.1 Å². The lowest BCUT2D eigenvalue weighted by Crippen LogP contribution is -2.33. The van der Waals surface area contributed by atoms with E-state index in [1.54, 1.807) is 0 Å². The minimum Gasteiger partial charge on any atom is -0.481 e. The molecule has 3 fully saturated rings. The fourth-order valence-corrected chi connectivity index (χ4v) is 5.87. The molecule has 3 rings (SSSR count). The van der Waals surface area contributed by atoms with Gasteiger partial charge in [0.15, 0.2) is 0 Å². The maximum Gasteiger partial charge on any atom is 0.309 e. The van der Waals surface area contributed by atoms with Crippen molar-refractivity contribution in [2.75, 3.05) is 0 Å². The second kappa shape index (κ2) is 9.93. The summed E-state index contributed by atoms with van der Waals surface area (Å²) in [7, 11) is 0. The monoisotopic (exact) mass is 378 g/mol. The third-order valence-electron chi connectivity index (χ3n) is 7.67. The molecule has 0 aromatic rings. The molecule has 0 aliphatic heterocycles. The van der Waals surface area contributed by atoms with Crippen LogP contribution in [0.2, 0.25) is 0 Å². The molecule has 3 saturated carbocycles. The summed E-state index contributed by atoms with van der Waals surface area (Å²) in [4.78, 5) is 23.6. The highest BCUT2D eigenvalue weighted by Gasteiger charge is 2.35. The van der Waals surface area contributed by atoms with Gasteiger partial charge in [0.25, 0.3) is 0 Å². The average Bonchev–Trinajstić information content (AvgIpc) is 2.69. The molecule has 1 N–H and O–H groups in total. The molecule has 0 spiro atoms. The van der Waals surface area contributed by atoms with Crippen molar-refractivity contribution in [3.8, 4) is 0 Å². The minimum absolute atomic E-state index is 0.0149. The van der Waals surface area contributed by atoms with E-state index in [1.807, 2.05) is 0 Å². The van der Waals surface area contributed by atoms with E-state index in [1.165, 1.54) is 51.4 Å². The molecule has 0 aromatic heterocycles. The van der Waals surface area contributed by atoms with Gasteiger partial charge in [-0.15, -0.1) is 0 Å². The number of carboxylic acid groups (broad SMARTS) is 1. The van der Waals surface area contributed by atoms with Gasteiger partial charge in [0, 0.05) is 0 Å². The quantitative estimate of drug-likeness (QED) is 0.612. The SMILES string of the molecule is CCCC1CCC(C2CCC(C(=O)OC3CCC(C(=O)O)CC3)CC2)CC1. The van der Waals surface area contributed by atoms with Crippen LogP contribution in [0.1, 0.15) is 96.8 Å². The van der Waals surface area contributed by atoms with Crippen molar-refractivity contribution in [2.45, 2.75) is 103 Å². The first-order valence-corrected chi connectivity index (χ1v) is 11.5. The molecule has 154 valence electrons. The molecular weight excluding hydrogens is 340 g/mol. The summed E-state index contributed by atoms with van der Waals surface area (Å²) in [6.07, 6.45) is 15.3. The number of esters is 1. The molecule has 3 aliphatic rings. The molecule has 4 heteroatoms. The maximum atomic E-state index is 12.5. The summed E-state index contributed by atoms with van der Waals surface area (Å²) in [5.74, 6) is 1.79. The number of hydrogen-bond donors (Lipinski definition) is 1. The highest BCUT2D eigenvalue weighted by Crippen LogP contribution is 2.42. The summed E-state index contributed by atoms with van der Waals surface area (Å²) in [6, 6.07) is 0. The van der Waals surface area contributed by atoms with E-state index in [2.05, 4.69) is 6.92 Å². The Morgan fingerprint density at radius 2 is 1.30 bits per heavy atom. The smallest absolute Gasteiger partial charge is 0.309 e. The van der Waals surface area contributed by atoms with E-state index in [0.29, 0.717) is 25.7 Å². The zero-order valence-corrected chi connectivity index (χ0v) is 17.0. The highest BCUT2D eigenvalue weighted by atomic mass is 16.5. The van der Waals surface area contributed by atoms with Crippen molar-refractivity contribution in [1.29, 1.82) is 0 Å². The molecule has 0 radical (unpaired) electrons. The maximum absolute atomic E-state index is 12.5. The Balaban J connectivity index is 1.35. The van der Waals surface area contributed by atoms with Crippen LogP contribution in [0.25, 0.3) is 0 Å². The summed E-state index contributed by atoms with van der Waals surface area (Å²) < 4.78 is 5.75. The second-order valence-corrected chi connectivity index (χ2v) is 9.43. The van der Waals surface area contributed by atoms with Crippen molar-refractivity contribution in [2.24, 2.45) is 29.6 Å². The summed E-state index contributed by atoms with van der Waals surface area (Å²) >= 11 is 0. The summed E-state index contributed by atoms with van der Waals surface area (Å²) in [6.45, 7) is 2.30. The van der Waals surface area contributed by atoms with Gasteiger partial charge in [-0.1, -0.05) is 32.6 Å². The normalized spacial score (nSPS) is 37.5. The molecule has 4 nitrogen and oxygen atoms in total. The second-order valence-electron chi connectivity index (χ2n) is 9.43. The predicted molar refractivity (Wildman–Crippen MR) is 105 cm³/mol. The van der Waals surface area contributed by atoms with Gasteiger partial charge in [-0.2, -0.15) is 0 Å². The molecule has 0 saturated heterocycles. The van der Waals surface area contributed by atoms with E-state index in [9.17, 15) is 9.59 Å². The Labute approximate surface area is 164 Å². The van der Waals surface area contributed by atoms with Gasteiger partial charge < -0.3 is 9.84 Å². The number of carbonyl (C=O) groups excluding carboxylic acids is 1. The van der Waals surface area contributed by atoms with E-state index >= 15 is 0 Å². The van der Waals surface area contributed by atoms with Crippen LogP contribution >= 0.6 is 0 Å². The van der Waals surface area contributed by atoms with E-state index in [4.69, 9.17) is 9.84 Å². The topological polar surface area (TPSA) is 63.6 Å². The molecule has 27 heavy (non-hydrogen) atoms. The first-order valence-electron chi connectivity index (χ1n) is 11.5.